The Morgan fingerprint density at radius 1 is 1.29 bits per heavy atom. The van der Waals surface area contributed by atoms with Gasteiger partial charge in [0.2, 0.25) is 5.60 Å². The number of hydrogen-bond donors (Lipinski definition) is 0. The molecule has 2 saturated carbocycles. The van der Waals surface area contributed by atoms with Crippen LogP contribution >= 0.6 is 0 Å². The van der Waals surface area contributed by atoms with Crippen molar-refractivity contribution in [3.63, 3.8) is 0 Å². The summed E-state index contributed by atoms with van der Waals surface area (Å²) in [7, 11) is 0. The molecular weight excluding hydrogens is 268 g/mol. The minimum atomic E-state index is -1.05. The van der Waals surface area contributed by atoms with E-state index in [2.05, 4.69) is 13.8 Å². The number of rotatable bonds is 3. The SMILES string of the molecule is CCC(C)C(=O)OC12CC3(C)CC(CC(C)(C3)C1)OC2=O. The summed E-state index contributed by atoms with van der Waals surface area (Å²) >= 11 is 0. The number of esters is 2. The summed E-state index contributed by atoms with van der Waals surface area (Å²) in [4.78, 5) is 24.9. The van der Waals surface area contributed by atoms with Crippen LogP contribution in [-0.2, 0) is 19.1 Å². The minimum Gasteiger partial charge on any atom is -0.459 e. The number of fused-ring (bicyclic) bond motifs is 1. The number of carbonyl (C=O) groups is 2. The van der Waals surface area contributed by atoms with Crippen LogP contribution in [0.25, 0.3) is 0 Å². The lowest BCUT2D eigenvalue weighted by atomic mass is 9.52. The van der Waals surface area contributed by atoms with E-state index in [4.69, 9.17) is 9.47 Å². The molecule has 0 aromatic carbocycles. The zero-order valence-corrected chi connectivity index (χ0v) is 13.5. The Labute approximate surface area is 126 Å². The molecule has 4 aliphatic rings. The van der Waals surface area contributed by atoms with Crippen molar-refractivity contribution in [1.29, 1.82) is 0 Å². The first-order valence-corrected chi connectivity index (χ1v) is 8.13. The zero-order chi connectivity index (χ0) is 15.5. The molecule has 0 aromatic heterocycles. The average molecular weight is 294 g/mol. The van der Waals surface area contributed by atoms with Crippen LogP contribution in [0.4, 0.5) is 0 Å². The summed E-state index contributed by atoms with van der Waals surface area (Å²) in [6, 6.07) is 0. The summed E-state index contributed by atoms with van der Waals surface area (Å²) in [5.74, 6) is -0.746. The molecule has 2 heterocycles. The van der Waals surface area contributed by atoms with Gasteiger partial charge in [0.25, 0.3) is 0 Å². The Balaban J connectivity index is 1.95. The van der Waals surface area contributed by atoms with E-state index in [1.165, 1.54) is 0 Å². The maximum absolute atomic E-state index is 12.6. The third-order valence-electron chi connectivity index (χ3n) is 5.68. The number of carbonyl (C=O) groups excluding carboxylic acids is 2. The molecule has 4 fully saturated rings. The smallest absolute Gasteiger partial charge is 0.350 e. The number of hydrogen-bond acceptors (Lipinski definition) is 4. The molecule has 0 amide bonds. The van der Waals surface area contributed by atoms with E-state index in [1.807, 2.05) is 13.8 Å². The monoisotopic (exact) mass is 294 g/mol. The molecule has 3 atom stereocenters. The van der Waals surface area contributed by atoms with E-state index >= 15 is 0 Å². The Morgan fingerprint density at radius 3 is 2.38 bits per heavy atom. The molecule has 4 bridgehead atoms. The Bertz CT molecular complexity index is 465. The second-order valence-corrected chi connectivity index (χ2v) is 8.31. The van der Waals surface area contributed by atoms with Gasteiger partial charge in [-0.25, -0.2) is 4.79 Å². The van der Waals surface area contributed by atoms with Crippen LogP contribution in [0, 0.1) is 16.7 Å². The summed E-state index contributed by atoms with van der Waals surface area (Å²) in [5, 5.41) is 0. The van der Waals surface area contributed by atoms with Gasteiger partial charge in [0.05, 0.1) is 5.92 Å². The highest BCUT2D eigenvalue weighted by atomic mass is 16.6. The van der Waals surface area contributed by atoms with E-state index in [-0.39, 0.29) is 34.8 Å². The van der Waals surface area contributed by atoms with Crippen molar-refractivity contribution in [2.24, 2.45) is 16.7 Å². The maximum atomic E-state index is 12.6. The molecule has 2 saturated heterocycles. The summed E-state index contributed by atoms with van der Waals surface area (Å²) in [6.45, 7) is 8.23. The van der Waals surface area contributed by atoms with Crippen LogP contribution < -0.4 is 0 Å². The molecule has 4 heteroatoms. The summed E-state index contributed by atoms with van der Waals surface area (Å²) in [6.07, 6.45) is 4.85. The highest BCUT2D eigenvalue weighted by molar-refractivity contribution is 5.85. The third-order valence-corrected chi connectivity index (χ3v) is 5.68. The fourth-order valence-electron chi connectivity index (χ4n) is 5.12. The largest absolute Gasteiger partial charge is 0.459 e. The van der Waals surface area contributed by atoms with Crippen molar-refractivity contribution in [1.82, 2.24) is 0 Å². The summed E-state index contributed by atoms with van der Waals surface area (Å²) in [5.41, 5.74) is -0.969. The topological polar surface area (TPSA) is 52.6 Å². The molecular formula is C17H26O4. The van der Waals surface area contributed by atoms with Gasteiger partial charge in [-0.1, -0.05) is 27.7 Å². The van der Waals surface area contributed by atoms with Gasteiger partial charge in [-0.15, -0.1) is 0 Å². The molecule has 2 aliphatic carbocycles. The fraction of sp³-hybridized carbons (Fsp3) is 0.882. The van der Waals surface area contributed by atoms with Gasteiger partial charge < -0.3 is 9.47 Å². The quantitative estimate of drug-likeness (QED) is 0.750. The predicted octanol–water partition coefficient (Wildman–Crippen LogP) is 3.23. The van der Waals surface area contributed by atoms with Crippen LogP contribution in [0.2, 0.25) is 0 Å². The predicted molar refractivity (Wildman–Crippen MR) is 77.5 cm³/mol. The lowest BCUT2D eigenvalue weighted by molar-refractivity contribution is -0.192. The van der Waals surface area contributed by atoms with Gasteiger partial charge in [0.1, 0.15) is 6.10 Å². The van der Waals surface area contributed by atoms with Gasteiger partial charge >= 0.3 is 11.9 Å². The molecule has 0 aromatic rings. The lowest BCUT2D eigenvalue weighted by Crippen LogP contribution is -2.54. The van der Waals surface area contributed by atoms with Crippen LogP contribution in [0.5, 0.6) is 0 Å². The van der Waals surface area contributed by atoms with Gasteiger partial charge in [-0.3, -0.25) is 4.79 Å². The van der Waals surface area contributed by atoms with Gasteiger partial charge in [-0.05, 0) is 36.5 Å². The third kappa shape index (κ3) is 2.36. The van der Waals surface area contributed by atoms with Crippen LogP contribution in [0.3, 0.4) is 0 Å². The van der Waals surface area contributed by atoms with Crippen LogP contribution in [0.15, 0.2) is 0 Å². The van der Waals surface area contributed by atoms with Crippen LogP contribution in [0.1, 0.15) is 66.2 Å². The van der Waals surface area contributed by atoms with E-state index < -0.39 is 5.60 Å². The van der Waals surface area contributed by atoms with Crippen molar-refractivity contribution in [3.8, 4) is 0 Å². The minimum absolute atomic E-state index is 0.00655. The second-order valence-electron chi connectivity index (χ2n) is 8.31. The first-order chi connectivity index (χ1) is 9.69. The second kappa shape index (κ2) is 4.47. The highest BCUT2D eigenvalue weighted by Crippen LogP contribution is 2.62. The normalized spacial score (nSPS) is 45.9. The zero-order valence-electron chi connectivity index (χ0n) is 13.5. The van der Waals surface area contributed by atoms with Gasteiger partial charge in [0, 0.05) is 12.8 Å². The van der Waals surface area contributed by atoms with Gasteiger partial charge in [-0.2, -0.15) is 0 Å². The highest BCUT2D eigenvalue weighted by Gasteiger charge is 2.64. The maximum Gasteiger partial charge on any atom is 0.350 e. The van der Waals surface area contributed by atoms with E-state index in [0.29, 0.717) is 12.8 Å². The molecule has 0 spiro atoms. The molecule has 2 aliphatic heterocycles. The molecule has 4 rings (SSSR count). The molecule has 118 valence electrons. The van der Waals surface area contributed by atoms with Crippen molar-refractivity contribution < 1.29 is 19.1 Å². The Hall–Kier alpha value is -1.06. The molecule has 21 heavy (non-hydrogen) atoms. The number of ether oxygens (including phenoxy) is 2. The fourth-order valence-corrected chi connectivity index (χ4v) is 5.12. The van der Waals surface area contributed by atoms with Gasteiger partial charge in [0.15, 0.2) is 0 Å². The Kier molecular flexibility index (Phi) is 3.16. The first-order valence-electron chi connectivity index (χ1n) is 8.13. The first kappa shape index (κ1) is 14.9. The summed E-state index contributed by atoms with van der Waals surface area (Å²) < 4.78 is 11.5. The van der Waals surface area contributed by atoms with Crippen molar-refractivity contribution in [3.05, 3.63) is 0 Å². The molecule has 3 unspecified atom stereocenters. The molecule has 0 radical (unpaired) electrons. The van der Waals surface area contributed by atoms with Crippen molar-refractivity contribution in [2.45, 2.75) is 77.9 Å². The standard InChI is InChI=1S/C17H26O4/c1-5-11(2)13(18)21-17-9-15(3)6-12(20-14(17)19)7-16(4,8-15)10-17/h11-12H,5-10H2,1-4H3. The Morgan fingerprint density at radius 2 is 1.86 bits per heavy atom. The average Bonchev–Trinajstić information content (AvgIpc) is 2.44. The van der Waals surface area contributed by atoms with E-state index in [1.54, 1.807) is 0 Å². The lowest BCUT2D eigenvalue weighted by Gasteiger charge is -2.53. The van der Waals surface area contributed by atoms with Crippen molar-refractivity contribution >= 4 is 11.9 Å². The van der Waals surface area contributed by atoms with Crippen molar-refractivity contribution in [2.75, 3.05) is 0 Å². The molecule has 4 nitrogen and oxygen atoms in total. The molecule has 0 N–H and O–H groups in total. The van der Waals surface area contributed by atoms with Crippen LogP contribution in [-0.4, -0.2) is 23.6 Å². The van der Waals surface area contributed by atoms with E-state index in [9.17, 15) is 9.59 Å². The van der Waals surface area contributed by atoms with E-state index in [0.717, 1.165) is 25.7 Å².